The Morgan fingerprint density at radius 2 is 1.48 bits per heavy atom. The molecule has 0 saturated heterocycles. The monoisotopic (exact) mass is 303 g/mol. The summed E-state index contributed by atoms with van der Waals surface area (Å²) in [5.41, 5.74) is 8.70. The van der Waals surface area contributed by atoms with Gasteiger partial charge < -0.3 is 10.5 Å². The summed E-state index contributed by atoms with van der Waals surface area (Å²) in [6, 6.07) is 24.9. The van der Waals surface area contributed by atoms with Crippen LogP contribution in [0.3, 0.4) is 0 Å². The Bertz CT molecular complexity index is 798. The van der Waals surface area contributed by atoms with E-state index in [9.17, 15) is 4.79 Å². The molecule has 3 rings (SSSR count). The molecule has 0 aliphatic heterocycles. The number of ether oxygens (including phenoxy) is 1. The molecule has 3 nitrogen and oxygen atoms in total. The van der Waals surface area contributed by atoms with Crippen LogP contribution in [0.5, 0.6) is 5.75 Å². The first kappa shape index (κ1) is 14.9. The van der Waals surface area contributed by atoms with Gasteiger partial charge >= 0.3 is 0 Å². The largest absolute Gasteiger partial charge is 0.488 e. The molecule has 23 heavy (non-hydrogen) atoms. The lowest BCUT2D eigenvalue weighted by molar-refractivity contribution is 0.100. The number of hydrogen-bond donors (Lipinski definition) is 1. The van der Waals surface area contributed by atoms with E-state index >= 15 is 0 Å². The molecule has 0 unspecified atom stereocenters. The fourth-order valence-electron chi connectivity index (χ4n) is 2.49. The Morgan fingerprint density at radius 1 is 0.826 bits per heavy atom. The minimum Gasteiger partial charge on any atom is -0.488 e. The average molecular weight is 303 g/mol. The van der Waals surface area contributed by atoms with Crippen LogP contribution in [0.2, 0.25) is 0 Å². The number of benzene rings is 3. The van der Waals surface area contributed by atoms with Gasteiger partial charge in [0, 0.05) is 5.56 Å². The summed E-state index contributed by atoms with van der Waals surface area (Å²) >= 11 is 0. The lowest BCUT2D eigenvalue weighted by Gasteiger charge is -2.14. The van der Waals surface area contributed by atoms with Crippen molar-refractivity contribution in [3.63, 3.8) is 0 Å². The van der Waals surface area contributed by atoms with Gasteiger partial charge in [0.1, 0.15) is 12.4 Å². The Labute approximate surface area is 135 Å². The van der Waals surface area contributed by atoms with Crippen LogP contribution in [0.15, 0.2) is 78.9 Å². The second-order valence-corrected chi connectivity index (χ2v) is 5.18. The molecule has 0 saturated carbocycles. The van der Waals surface area contributed by atoms with Crippen LogP contribution in [0.4, 0.5) is 0 Å². The van der Waals surface area contributed by atoms with E-state index in [2.05, 4.69) is 0 Å². The highest BCUT2D eigenvalue weighted by atomic mass is 16.5. The summed E-state index contributed by atoms with van der Waals surface area (Å²) in [5, 5.41) is 0. The third-order valence-electron chi connectivity index (χ3n) is 3.59. The standard InChI is InChI=1S/C20H17NO2/c21-20(22)17-12-7-13-18(19(17)16-10-5-2-6-11-16)23-14-15-8-3-1-4-9-15/h1-13H,14H2,(H2,21,22). The fraction of sp³-hybridized carbons (Fsp3) is 0.0500. The zero-order chi connectivity index (χ0) is 16.1. The molecule has 0 aliphatic rings. The Morgan fingerprint density at radius 3 is 2.13 bits per heavy atom. The van der Waals surface area contributed by atoms with Crippen molar-refractivity contribution < 1.29 is 9.53 Å². The van der Waals surface area contributed by atoms with E-state index in [0.717, 1.165) is 16.7 Å². The zero-order valence-electron chi connectivity index (χ0n) is 12.6. The van der Waals surface area contributed by atoms with Gasteiger partial charge in [0.05, 0.1) is 5.56 Å². The smallest absolute Gasteiger partial charge is 0.249 e. The number of carbonyl (C=O) groups excluding carboxylic acids is 1. The van der Waals surface area contributed by atoms with Crippen molar-refractivity contribution in [2.45, 2.75) is 6.61 Å². The van der Waals surface area contributed by atoms with Gasteiger partial charge in [-0.05, 0) is 23.3 Å². The maximum atomic E-state index is 11.8. The third kappa shape index (κ3) is 3.40. The van der Waals surface area contributed by atoms with Gasteiger partial charge in [0.2, 0.25) is 5.91 Å². The second kappa shape index (κ2) is 6.79. The average Bonchev–Trinajstić information content (AvgIpc) is 2.61. The van der Waals surface area contributed by atoms with Gasteiger partial charge in [-0.2, -0.15) is 0 Å². The number of rotatable bonds is 5. The van der Waals surface area contributed by atoms with E-state index in [4.69, 9.17) is 10.5 Å². The number of carbonyl (C=O) groups is 1. The van der Waals surface area contributed by atoms with Crippen LogP contribution in [0.1, 0.15) is 15.9 Å². The first-order valence-electron chi connectivity index (χ1n) is 7.40. The Kier molecular flexibility index (Phi) is 4.39. The number of amides is 1. The van der Waals surface area contributed by atoms with Gasteiger partial charge in [-0.3, -0.25) is 4.79 Å². The molecule has 3 aromatic carbocycles. The van der Waals surface area contributed by atoms with Crippen LogP contribution in [-0.4, -0.2) is 5.91 Å². The van der Waals surface area contributed by atoms with Crippen molar-refractivity contribution in [3.8, 4) is 16.9 Å². The zero-order valence-corrected chi connectivity index (χ0v) is 12.6. The molecule has 114 valence electrons. The van der Waals surface area contributed by atoms with Crippen molar-refractivity contribution in [2.75, 3.05) is 0 Å². The molecule has 0 aliphatic carbocycles. The molecule has 3 heteroatoms. The minimum atomic E-state index is -0.464. The van der Waals surface area contributed by atoms with Gasteiger partial charge in [-0.25, -0.2) is 0 Å². The summed E-state index contributed by atoms with van der Waals surface area (Å²) in [5.74, 6) is 0.186. The van der Waals surface area contributed by atoms with Gasteiger partial charge in [-0.1, -0.05) is 66.7 Å². The van der Waals surface area contributed by atoms with Crippen LogP contribution in [0.25, 0.3) is 11.1 Å². The quantitative estimate of drug-likeness (QED) is 0.773. The Hall–Kier alpha value is -3.07. The maximum Gasteiger partial charge on any atom is 0.249 e. The molecular weight excluding hydrogens is 286 g/mol. The Balaban J connectivity index is 1.99. The van der Waals surface area contributed by atoms with E-state index in [1.807, 2.05) is 66.7 Å². The molecule has 0 bridgehead atoms. The number of hydrogen-bond acceptors (Lipinski definition) is 2. The maximum absolute atomic E-state index is 11.8. The van der Waals surface area contributed by atoms with Crippen molar-refractivity contribution in [3.05, 3.63) is 90.0 Å². The fourth-order valence-corrected chi connectivity index (χ4v) is 2.49. The van der Waals surface area contributed by atoms with Gasteiger partial charge in [0.15, 0.2) is 0 Å². The molecule has 1 amide bonds. The van der Waals surface area contributed by atoms with Crippen LogP contribution >= 0.6 is 0 Å². The van der Waals surface area contributed by atoms with Gasteiger partial charge in [-0.15, -0.1) is 0 Å². The molecule has 2 N–H and O–H groups in total. The number of primary amides is 1. The molecular formula is C20H17NO2. The molecule has 3 aromatic rings. The van der Waals surface area contributed by atoms with Crippen LogP contribution < -0.4 is 10.5 Å². The van der Waals surface area contributed by atoms with Gasteiger partial charge in [0.25, 0.3) is 0 Å². The first-order chi connectivity index (χ1) is 11.3. The summed E-state index contributed by atoms with van der Waals surface area (Å²) in [6.07, 6.45) is 0. The number of nitrogens with two attached hydrogens (primary N) is 1. The minimum absolute atomic E-state index is 0.433. The SMILES string of the molecule is NC(=O)c1cccc(OCc2ccccc2)c1-c1ccccc1. The predicted molar refractivity (Wildman–Crippen MR) is 91.2 cm³/mol. The van der Waals surface area contributed by atoms with Crippen LogP contribution in [-0.2, 0) is 6.61 Å². The van der Waals surface area contributed by atoms with Crippen LogP contribution in [0, 0.1) is 0 Å². The summed E-state index contributed by atoms with van der Waals surface area (Å²) in [6.45, 7) is 0.433. The highest BCUT2D eigenvalue weighted by Gasteiger charge is 2.15. The molecule has 0 radical (unpaired) electrons. The van der Waals surface area contributed by atoms with Crippen molar-refractivity contribution in [1.29, 1.82) is 0 Å². The molecule has 0 spiro atoms. The van der Waals surface area contributed by atoms with Crippen molar-refractivity contribution in [1.82, 2.24) is 0 Å². The summed E-state index contributed by atoms with van der Waals surface area (Å²) < 4.78 is 5.96. The van der Waals surface area contributed by atoms with E-state index < -0.39 is 5.91 Å². The van der Waals surface area contributed by atoms with Crippen molar-refractivity contribution >= 4 is 5.91 Å². The lowest BCUT2D eigenvalue weighted by Crippen LogP contribution is -2.13. The van der Waals surface area contributed by atoms with E-state index in [1.165, 1.54) is 0 Å². The first-order valence-corrected chi connectivity index (χ1v) is 7.40. The molecule has 0 fully saturated rings. The topological polar surface area (TPSA) is 52.3 Å². The van der Waals surface area contributed by atoms with E-state index in [1.54, 1.807) is 12.1 Å². The lowest BCUT2D eigenvalue weighted by atomic mass is 9.98. The second-order valence-electron chi connectivity index (χ2n) is 5.18. The van der Waals surface area contributed by atoms with E-state index in [0.29, 0.717) is 17.9 Å². The molecule has 0 heterocycles. The van der Waals surface area contributed by atoms with Crippen molar-refractivity contribution in [2.24, 2.45) is 5.73 Å². The summed E-state index contributed by atoms with van der Waals surface area (Å²) in [4.78, 5) is 11.8. The predicted octanol–water partition coefficient (Wildman–Crippen LogP) is 4.03. The highest BCUT2D eigenvalue weighted by molar-refractivity contribution is 6.01. The molecule has 0 atom stereocenters. The summed E-state index contributed by atoms with van der Waals surface area (Å²) in [7, 11) is 0. The van der Waals surface area contributed by atoms with E-state index in [-0.39, 0.29) is 0 Å². The highest BCUT2D eigenvalue weighted by Crippen LogP contribution is 2.33. The molecule has 0 aromatic heterocycles. The third-order valence-corrected chi connectivity index (χ3v) is 3.59. The normalized spacial score (nSPS) is 10.3.